The van der Waals surface area contributed by atoms with Gasteiger partial charge in [0, 0.05) is 18.2 Å². The Labute approximate surface area is 170 Å². The van der Waals surface area contributed by atoms with Crippen molar-refractivity contribution in [1.29, 1.82) is 0 Å². The van der Waals surface area contributed by atoms with E-state index in [4.69, 9.17) is 0 Å². The van der Waals surface area contributed by atoms with E-state index in [0.29, 0.717) is 6.29 Å². The van der Waals surface area contributed by atoms with E-state index in [0.717, 1.165) is 22.7 Å². The number of carbonyl (C=O) groups is 2. The summed E-state index contributed by atoms with van der Waals surface area (Å²) in [5, 5.41) is 0. The molecule has 0 aliphatic rings. The summed E-state index contributed by atoms with van der Waals surface area (Å²) in [6, 6.07) is 9.02. The lowest BCUT2D eigenvalue weighted by atomic mass is 10.1. The van der Waals surface area contributed by atoms with Crippen LogP contribution in [0.5, 0.6) is 0 Å². The third-order valence-corrected chi connectivity index (χ3v) is 4.62. The zero-order chi connectivity index (χ0) is 22.9. The number of rotatable bonds is 7. The summed E-state index contributed by atoms with van der Waals surface area (Å²) in [4.78, 5) is 20.4. The third kappa shape index (κ3) is 7.44. The number of sulfonamides is 1. The molecular weight excluding hydrogens is 430 g/mol. The molecule has 0 aliphatic heterocycles. The molecular formula is C18H19F4N3O4S. The maximum absolute atomic E-state index is 13.9. The number of aldehydes is 1. The van der Waals surface area contributed by atoms with Crippen molar-refractivity contribution in [1.82, 2.24) is 10.9 Å². The van der Waals surface area contributed by atoms with Crippen molar-refractivity contribution in [2.75, 3.05) is 17.6 Å². The van der Waals surface area contributed by atoms with Crippen LogP contribution >= 0.6 is 0 Å². The summed E-state index contributed by atoms with van der Waals surface area (Å²) in [7, 11) is -2.48. The number of hydrogen-bond donors (Lipinski definition) is 2. The van der Waals surface area contributed by atoms with Gasteiger partial charge in [-0.05, 0) is 18.2 Å². The van der Waals surface area contributed by atoms with E-state index >= 15 is 0 Å². The first-order chi connectivity index (χ1) is 14.0. The van der Waals surface area contributed by atoms with Crippen LogP contribution in [0, 0.1) is 11.6 Å². The molecule has 164 valence electrons. The first-order valence-electron chi connectivity index (χ1n) is 8.21. The first kappa shape index (κ1) is 25.0. The minimum absolute atomic E-state index is 0.0410. The largest absolute Gasteiger partial charge is 0.316 e. The van der Waals surface area contributed by atoms with Gasteiger partial charge in [0.2, 0.25) is 10.0 Å². The molecule has 0 saturated carbocycles. The van der Waals surface area contributed by atoms with Gasteiger partial charge in [-0.3, -0.25) is 19.3 Å². The number of para-hydroxylation sites is 1. The fourth-order valence-corrected chi connectivity index (χ4v) is 3.01. The Hall–Kier alpha value is -2.99. The normalized spacial score (nSPS) is 10.8. The van der Waals surface area contributed by atoms with Crippen LogP contribution in [0.2, 0.25) is 0 Å². The number of carbonyl (C=O) groups excluding carboxylic acids is 2. The van der Waals surface area contributed by atoms with Gasteiger partial charge in [0.25, 0.3) is 0 Å². The Morgan fingerprint density at radius 1 is 1.13 bits per heavy atom. The van der Waals surface area contributed by atoms with Crippen LogP contribution in [0.1, 0.15) is 15.9 Å². The second-order valence-electron chi connectivity index (χ2n) is 5.73. The fourth-order valence-electron chi connectivity index (χ4n) is 2.13. The van der Waals surface area contributed by atoms with Gasteiger partial charge < -0.3 is 0 Å². The van der Waals surface area contributed by atoms with Crippen LogP contribution in [-0.4, -0.2) is 40.3 Å². The molecule has 2 N–H and O–H groups in total. The number of nitrogens with one attached hydrogen (secondary N) is 2. The Bertz CT molecular complexity index is 987. The summed E-state index contributed by atoms with van der Waals surface area (Å²) in [5.41, 5.74) is 3.79. The number of halogens is 4. The summed E-state index contributed by atoms with van der Waals surface area (Å²) in [5.74, 6) is -2.76. The molecule has 0 saturated heterocycles. The highest BCUT2D eigenvalue weighted by Gasteiger charge is 2.22. The summed E-state index contributed by atoms with van der Waals surface area (Å²) in [6.45, 7) is -0.370. The number of amides is 1. The molecule has 2 aromatic rings. The van der Waals surface area contributed by atoms with Gasteiger partial charge >= 0.3 is 12.3 Å². The Balaban J connectivity index is 0.000000479. The van der Waals surface area contributed by atoms with E-state index in [-0.39, 0.29) is 23.4 Å². The molecule has 2 aromatic carbocycles. The van der Waals surface area contributed by atoms with Gasteiger partial charge in [0.15, 0.2) is 0 Å². The van der Waals surface area contributed by atoms with Crippen molar-refractivity contribution in [3.63, 3.8) is 0 Å². The van der Waals surface area contributed by atoms with E-state index in [2.05, 4.69) is 5.43 Å². The van der Waals surface area contributed by atoms with Crippen LogP contribution in [-0.2, 0) is 21.4 Å². The second-order valence-corrected chi connectivity index (χ2v) is 7.64. The number of hydrazine groups is 1. The molecule has 0 unspecified atom stereocenters. The molecule has 12 heteroatoms. The van der Waals surface area contributed by atoms with E-state index < -0.39 is 34.0 Å². The number of anilines is 1. The van der Waals surface area contributed by atoms with Gasteiger partial charge in [0.05, 0.1) is 18.5 Å². The fraction of sp³-hybridized carbons (Fsp3) is 0.222. The first-order valence-corrected chi connectivity index (χ1v) is 10.1. The molecule has 0 spiro atoms. The zero-order valence-electron chi connectivity index (χ0n) is 15.9. The molecule has 0 radical (unpaired) electrons. The monoisotopic (exact) mass is 449 g/mol. The highest BCUT2D eigenvalue weighted by molar-refractivity contribution is 7.92. The van der Waals surface area contributed by atoms with E-state index in [9.17, 15) is 35.6 Å². The molecule has 0 aromatic heterocycles. The minimum Gasteiger partial charge on any atom is -0.298 e. The molecule has 1 amide bonds. The molecule has 0 heterocycles. The molecule has 2 rings (SSSR count). The van der Waals surface area contributed by atoms with Crippen molar-refractivity contribution in [3.8, 4) is 0 Å². The Morgan fingerprint density at radius 2 is 1.77 bits per heavy atom. The van der Waals surface area contributed by atoms with Crippen LogP contribution in [0.4, 0.5) is 23.2 Å². The average Bonchev–Trinajstić information content (AvgIpc) is 2.67. The molecule has 0 bridgehead atoms. The van der Waals surface area contributed by atoms with Crippen LogP contribution in [0.3, 0.4) is 0 Å². The second kappa shape index (κ2) is 11.3. The van der Waals surface area contributed by atoms with Crippen molar-refractivity contribution >= 4 is 27.9 Å². The smallest absolute Gasteiger partial charge is 0.298 e. The summed E-state index contributed by atoms with van der Waals surface area (Å²) < 4.78 is 74.7. The number of hydrogen-bond acceptors (Lipinski definition) is 5. The summed E-state index contributed by atoms with van der Waals surface area (Å²) >= 11 is 0. The van der Waals surface area contributed by atoms with Gasteiger partial charge in [-0.15, -0.1) is 0 Å². The van der Waals surface area contributed by atoms with Crippen LogP contribution < -0.4 is 15.2 Å². The third-order valence-electron chi connectivity index (χ3n) is 3.50. The zero-order valence-corrected chi connectivity index (χ0v) is 16.7. The highest BCUT2D eigenvalue weighted by atomic mass is 32.2. The SMILES string of the molecule is CNNC(=O)C(F)F.CS(=O)(=O)N(Cc1ccc(C=O)cc1F)c1ccccc1F. The van der Waals surface area contributed by atoms with E-state index in [1.54, 1.807) is 5.43 Å². The molecule has 7 nitrogen and oxygen atoms in total. The van der Waals surface area contributed by atoms with Crippen LogP contribution in [0.25, 0.3) is 0 Å². The quantitative estimate of drug-likeness (QED) is 0.384. The lowest BCUT2D eigenvalue weighted by Gasteiger charge is -2.23. The lowest BCUT2D eigenvalue weighted by molar-refractivity contribution is -0.132. The summed E-state index contributed by atoms with van der Waals surface area (Å²) in [6.07, 6.45) is -1.54. The predicted octanol–water partition coefficient (Wildman–Crippen LogP) is 2.25. The molecule has 0 fully saturated rings. The molecule has 0 atom stereocenters. The van der Waals surface area contributed by atoms with Gasteiger partial charge in [0.1, 0.15) is 17.9 Å². The number of nitrogens with zero attached hydrogens (tertiary/aromatic N) is 1. The Kier molecular flexibility index (Phi) is 9.40. The van der Waals surface area contributed by atoms with E-state index in [1.807, 2.05) is 0 Å². The topological polar surface area (TPSA) is 95.6 Å². The van der Waals surface area contributed by atoms with Gasteiger partial charge in [-0.2, -0.15) is 8.78 Å². The van der Waals surface area contributed by atoms with Crippen molar-refractivity contribution in [3.05, 3.63) is 65.2 Å². The molecule has 30 heavy (non-hydrogen) atoms. The average molecular weight is 449 g/mol. The predicted molar refractivity (Wildman–Crippen MR) is 102 cm³/mol. The maximum atomic E-state index is 13.9. The Morgan fingerprint density at radius 3 is 2.20 bits per heavy atom. The van der Waals surface area contributed by atoms with Crippen molar-refractivity contribution < 1.29 is 35.6 Å². The standard InChI is InChI=1S/C15H13F2NO3S.C3H6F2N2O/c1-22(20,21)18(15-5-3-2-4-13(15)16)9-12-7-6-11(10-19)8-14(12)17;1-6-7-3(8)2(4)5/h2-8,10H,9H2,1H3;2,6H,1H3,(H,7,8). The maximum Gasteiger partial charge on any atom is 0.316 e. The highest BCUT2D eigenvalue weighted by Crippen LogP contribution is 2.24. The van der Waals surface area contributed by atoms with Gasteiger partial charge in [-0.25, -0.2) is 22.6 Å². The number of alkyl halides is 2. The van der Waals surface area contributed by atoms with Gasteiger partial charge in [-0.1, -0.05) is 24.3 Å². The minimum atomic E-state index is -3.81. The number of benzene rings is 2. The van der Waals surface area contributed by atoms with Crippen molar-refractivity contribution in [2.45, 2.75) is 13.0 Å². The van der Waals surface area contributed by atoms with Crippen LogP contribution in [0.15, 0.2) is 42.5 Å². The lowest BCUT2D eigenvalue weighted by Crippen LogP contribution is -2.38. The van der Waals surface area contributed by atoms with E-state index in [1.165, 1.54) is 37.4 Å². The molecule has 0 aliphatic carbocycles. The van der Waals surface area contributed by atoms with Crippen molar-refractivity contribution in [2.24, 2.45) is 0 Å².